The first-order valence-electron chi connectivity index (χ1n) is 17.6. The normalized spacial score (nSPS) is 14.3. The maximum atomic E-state index is 14.3. The molecule has 0 fully saturated rings. The molecule has 0 saturated heterocycles. The first-order chi connectivity index (χ1) is 24.8. The molecule has 52 heavy (non-hydrogen) atoms. The molecule has 0 N–H and O–H groups in total. The smallest absolute Gasteiger partial charge is 0.333 e. The Hall–Kier alpha value is -5.38. The Labute approximate surface area is 305 Å². The molecular weight excluding hydrogens is 664 g/mol. The summed E-state index contributed by atoms with van der Waals surface area (Å²) in [5.41, 5.74) is -1.06. The lowest BCUT2D eigenvalue weighted by Crippen LogP contribution is -2.41. The summed E-state index contributed by atoms with van der Waals surface area (Å²) in [7, 11) is 0. The number of rotatable bonds is 22. The number of allylic oxidation sites excluding steroid dienone is 4. The molecule has 0 aliphatic heterocycles. The molecule has 10 heteroatoms. The molecule has 0 aromatic heterocycles. The third-order valence-electron chi connectivity index (χ3n) is 8.62. The molecule has 2 aromatic rings. The van der Waals surface area contributed by atoms with Crippen LogP contribution in [0.15, 0.2) is 97.6 Å². The van der Waals surface area contributed by atoms with Crippen LogP contribution >= 0.6 is 0 Å². The van der Waals surface area contributed by atoms with Crippen molar-refractivity contribution in [1.82, 2.24) is 0 Å². The van der Waals surface area contributed by atoms with Crippen LogP contribution in [-0.4, -0.2) is 47.7 Å². The molecule has 0 amide bonds. The molecule has 3 rings (SSSR count). The van der Waals surface area contributed by atoms with E-state index in [0.717, 1.165) is 68.9 Å². The van der Waals surface area contributed by atoms with Crippen molar-refractivity contribution in [2.45, 2.75) is 91.6 Å². The van der Waals surface area contributed by atoms with E-state index in [1.54, 1.807) is 13.8 Å². The third kappa shape index (κ3) is 11.6. The topological polar surface area (TPSA) is 139 Å². The van der Waals surface area contributed by atoms with Gasteiger partial charge in [-0.1, -0.05) is 66.5 Å². The summed E-state index contributed by atoms with van der Waals surface area (Å²) in [6, 6.07) is 12.1. The first kappa shape index (κ1) is 41.0. The molecule has 0 spiro atoms. The Morgan fingerprint density at radius 2 is 1.10 bits per heavy atom. The molecule has 0 bridgehead atoms. The predicted octanol–water partition coefficient (Wildman–Crippen LogP) is 8.06. The SMILES string of the molecule is C=CC(=O)OC(CCCCC)Oc1ccc(C(=O)C(C(=O)c2ccc(OC(CCCCC)OC(=O)C=C)cc2)C(C)(C)C2=CC(=O)C=CC2=O)cc1. The largest absolute Gasteiger partial charge is 0.455 e. The van der Waals surface area contributed by atoms with Crippen molar-refractivity contribution in [3.63, 3.8) is 0 Å². The van der Waals surface area contributed by atoms with Gasteiger partial charge in [-0.3, -0.25) is 19.2 Å². The molecule has 0 radical (unpaired) electrons. The number of unbranched alkanes of at least 4 members (excludes halogenated alkanes) is 4. The maximum absolute atomic E-state index is 14.3. The fourth-order valence-electron chi connectivity index (χ4n) is 5.74. The number of hydrogen-bond acceptors (Lipinski definition) is 10. The van der Waals surface area contributed by atoms with Crippen LogP contribution in [0.5, 0.6) is 11.5 Å². The summed E-state index contributed by atoms with van der Waals surface area (Å²) in [6.45, 7) is 14.1. The number of carbonyl (C=O) groups excluding carboxylic acids is 6. The minimum atomic E-state index is -1.42. The van der Waals surface area contributed by atoms with E-state index in [4.69, 9.17) is 18.9 Å². The van der Waals surface area contributed by atoms with Crippen LogP contribution in [0.4, 0.5) is 0 Å². The summed E-state index contributed by atoms with van der Waals surface area (Å²) in [6.07, 6.45) is 10.0. The average Bonchev–Trinajstić information content (AvgIpc) is 3.13. The van der Waals surface area contributed by atoms with Gasteiger partial charge >= 0.3 is 11.9 Å². The van der Waals surface area contributed by atoms with Crippen LogP contribution in [0.2, 0.25) is 0 Å². The summed E-state index contributed by atoms with van der Waals surface area (Å²) in [4.78, 5) is 77.9. The number of benzene rings is 2. The van der Waals surface area contributed by atoms with Crippen molar-refractivity contribution >= 4 is 35.1 Å². The Morgan fingerprint density at radius 3 is 1.48 bits per heavy atom. The first-order valence-corrected chi connectivity index (χ1v) is 17.6. The Kier molecular flexibility index (Phi) is 15.7. The fraction of sp³-hybridized carbons (Fsp3) is 0.381. The second-order valence-electron chi connectivity index (χ2n) is 13.0. The second kappa shape index (κ2) is 19.9. The van der Waals surface area contributed by atoms with Crippen LogP contribution < -0.4 is 9.47 Å². The molecule has 0 heterocycles. The number of hydrogen-bond donors (Lipinski definition) is 0. The fourth-order valence-corrected chi connectivity index (χ4v) is 5.74. The minimum absolute atomic E-state index is 0.0320. The van der Waals surface area contributed by atoms with Gasteiger partial charge in [0.25, 0.3) is 0 Å². The number of carbonyl (C=O) groups is 6. The highest BCUT2D eigenvalue weighted by Crippen LogP contribution is 2.41. The predicted molar refractivity (Wildman–Crippen MR) is 196 cm³/mol. The number of esters is 2. The van der Waals surface area contributed by atoms with Crippen LogP contribution in [0.1, 0.15) is 99.8 Å². The quantitative estimate of drug-likeness (QED) is 0.0224. The van der Waals surface area contributed by atoms with Gasteiger partial charge in [0.2, 0.25) is 12.6 Å². The van der Waals surface area contributed by atoms with Crippen molar-refractivity contribution in [3.8, 4) is 11.5 Å². The summed E-state index contributed by atoms with van der Waals surface area (Å²) in [5.74, 6) is -4.08. The number of ketones is 4. The van der Waals surface area contributed by atoms with Gasteiger partial charge in [0.15, 0.2) is 23.1 Å². The summed E-state index contributed by atoms with van der Waals surface area (Å²) in [5, 5.41) is 0. The standard InChI is InChI=1S/C42H48O10/c1-7-11-13-15-37(51-35(45)9-3)49-31-22-17-28(18-23-31)40(47)39(42(5,6)33-27-30(43)21-26-34(33)44)41(48)29-19-24-32(25-20-29)50-38(16-14-12-8-2)52-36(46)10-4/h9-10,17-27,37-39H,3-4,7-8,11-16H2,1-2,5-6H3. The van der Waals surface area contributed by atoms with E-state index < -0.39 is 59.0 Å². The van der Waals surface area contributed by atoms with Crippen LogP contribution in [0.25, 0.3) is 0 Å². The van der Waals surface area contributed by atoms with Crippen LogP contribution in [-0.2, 0) is 28.7 Å². The highest BCUT2D eigenvalue weighted by atomic mass is 16.7. The van der Waals surface area contributed by atoms with Crippen molar-refractivity contribution in [3.05, 3.63) is 109 Å². The van der Waals surface area contributed by atoms with E-state index >= 15 is 0 Å². The minimum Gasteiger partial charge on any atom is -0.455 e. The second-order valence-corrected chi connectivity index (χ2v) is 13.0. The molecule has 2 aromatic carbocycles. The zero-order valence-corrected chi connectivity index (χ0v) is 30.4. The van der Waals surface area contributed by atoms with E-state index in [-0.39, 0.29) is 16.7 Å². The Morgan fingerprint density at radius 1 is 0.673 bits per heavy atom. The summed E-state index contributed by atoms with van der Waals surface area (Å²) < 4.78 is 22.5. The molecule has 276 valence electrons. The molecular formula is C42H48O10. The molecule has 2 atom stereocenters. The van der Waals surface area contributed by atoms with E-state index in [1.807, 2.05) is 0 Å². The lowest BCUT2D eigenvalue weighted by atomic mass is 9.65. The number of ether oxygens (including phenoxy) is 4. The number of Topliss-reactive ketones (excluding diaryl/α,β-unsaturated/α-hetero) is 2. The van der Waals surface area contributed by atoms with Crippen molar-refractivity contribution in [1.29, 1.82) is 0 Å². The van der Waals surface area contributed by atoms with Gasteiger partial charge in [0.05, 0.1) is 5.92 Å². The van der Waals surface area contributed by atoms with Crippen molar-refractivity contribution in [2.75, 3.05) is 0 Å². The highest BCUT2D eigenvalue weighted by Gasteiger charge is 2.46. The van der Waals surface area contributed by atoms with E-state index in [2.05, 4.69) is 27.0 Å². The van der Waals surface area contributed by atoms with E-state index in [9.17, 15) is 28.8 Å². The molecule has 10 nitrogen and oxygen atoms in total. The van der Waals surface area contributed by atoms with Crippen molar-refractivity contribution in [2.24, 2.45) is 11.3 Å². The van der Waals surface area contributed by atoms with E-state index in [1.165, 1.54) is 48.5 Å². The lowest BCUT2D eigenvalue weighted by molar-refractivity contribution is -0.159. The highest BCUT2D eigenvalue weighted by molar-refractivity contribution is 6.21. The average molecular weight is 713 g/mol. The van der Waals surface area contributed by atoms with Gasteiger partial charge in [0, 0.05) is 47.1 Å². The molecule has 1 aliphatic carbocycles. The summed E-state index contributed by atoms with van der Waals surface area (Å²) >= 11 is 0. The van der Waals surface area contributed by atoms with Gasteiger partial charge in [0.1, 0.15) is 11.5 Å². The molecule has 1 aliphatic rings. The van der Waals surface area contributed by atoms with Gasteiger partial charge in [-0.15, -0.1) is 0 Å². The zero-order chi connectivity index (χ0) is 38.3. The zero-order valence-electron chi connectivity index (χ0n) is 30.4. The van der Waals surface area contributed by atoms with Crippen LogP contribution in [0.3, 0.4) is 0 Å². The Bertz CT molecular complexity index is 1580. The third-order valence-corrected chi connectivity index (χ3v) is 8.62. The Balaban J connectivity index is 1.94. The van der Waals surface area contributed by atoms with Gasteiger partial charge in [-0.25, -0.2) is 9.59 Å². The maximum Gasteiger partial charge on any atom is 0.333 e. The monoisotopic (exact) mass is 712 g/mol. The van der Waals surface area contributed by atoms with E-state index in [0.29, 0.717) is 24.3 Å². The van der Waals surface area contributed by atoms with Crippen LogP contribution in [0, 0.1) is 11.3 Å². The molecule has 0 saturated carbocycles. The van der Waals surface area contributed by atoms with Gasteiger partial charge in [-0.2, -0.15) is 0 Å². The van der Waals surface area contributed by atoms with Gasteiger partial charge in [-0.05, 0) is 79.6 Å². The van der Waals surface area contributed by atoms with Crippen molar-refractivity contribution < 1.29 is 47.7 Å². The lowest BCUT2D eigenvalue weighted by Gasteiger charge is -2.34. The molecule has 2 unspecified atom stereocenters. The van der Waals surface area contributed by atoms with Gasteiger partial charge < -0.3 is 18.9 Å².